The maximum absolute atomic E-state index is 10.8. The first-order valence-electron chi connectivity index (χ1n) is 3.93. The highest BCUT2D eigenvalue weighted by atomic mass is 32.2. The maximum Gasteiger partial charge on any atom is 0.323 e. The first-order valence-corrected chi connectivity index (χ1v) is 5.16. The van der Waals surface area contributed by atoms with Crippen molar-refractivity contribution in [2.45, 2.75) is 13.8 Å². The summed E-state index contributed by atoms with van der Waals surface area (Å²) >= 11 is 1.27. The van der Waals surface area contributed by atoms with Crippen molar-refractivity contribution in [3.05, 3.63) is 0 Å². The van der Waals surface area contributed by atoms with E-state index in [4.69, 9.17) is 5.41 Å². The van der Waals surface area contributed by atoms with Gasteiger partial charge in [0.2, 0.25) is 0 Å². The molecule has 1 aliphatic rings. The third-order valence-corrected chi connectivity index (χ3v) is 1.90. The number of carbonyl (C=O) groups excluding carboxylic acids is 1. The molecule has 0 aromatic rings. The van der Waals surface area contributed by atoms with Crippen molar-refractivity contribution >= 4 is 23.0 Å². The summed E-state index contributed by atoms with van der Waals surface area (Å²) in [5, 5.41) is 10.2. The Bertz CT molecular complexity index is 172. The van der Waals surface area contributed by atoms with Crippen LogP contribution >= 0.6 is 11.8 Å². The predicted molar refractivity (Wildman–Crippen MR) is 52.7 cm³/mol. The topological polar surface area (TPSA) is 56.2 Å². The molecule has 1 aliphatic heterocycles. The van der Waals surface area contributed by atoms with Crippen LogP contribution in [0.25, 0.3) is 0 Å². The quantitative estimate of drug-likeness (QED) is 0.446. The highest BCUT2D eigenvalue weighted by Gasteiger charge is 2.22. The van der Waals surface area contributed by atoms with E-state index in [0.717, 1.165) is 0 Å². The highest BCUT2D eigenvalue weighted by Crippen LogP contribution is 2.05. The van der Waals surface area contributed by atoms with Crippen molar-refractivity contribution in [2.24, 2.45) is 0 Å². The van der Waals surface area contributed by atoms with Crippen LogP contribution in [0.15, 0.2) is 0 Å². The van der Waals surface area contributed by atoms with Crippen molar-refractivity contribution < 1.29 is 4.79 Å². The number of amides is 2. The molecule has 0 saturated carbocycles. The molecular weight excluding hydrogens is 174 g/mol. The van der Waals surface area contributed by atoms with Crippen LogP contribution in [0.4, 0.5) is 4.79 Å². The summed E-state index contributed by atoms with van der Waals surface area (Å²) in [7, 11) is 0. The van der Waals surface area contributed by atoms with Crippen LogP contribution in [-0.2, 0) is 0 Å². The molecule has 2 amide bonds. The lowest BCUT2D eigenvalue weighted by molar-refractivity contribution is 0.234. The number of thioether (sulfide) groups is 1. The molecule has 0 aromatic heterocycles. The maximum atomic E-state index is 10.8. The Morgan fingerprint density at radius 3 is 2.58 bits per heavy atom. The van der Waals surface area contributed by atoms with Gasteiger partial charge in [-0.05, 0) is 6.26 Å². The summed E-state index contributed by atoms with van der Waals surface area (Å²) in [6, 6.07) is -0.153. The van der Waals surface area contributed by atoms with Gasteiger partial charge in [0, 0.05) is 13.1 Å². The second kappa shape index (κ2) is 5.88. The van der Waals surface area contributed by atoms with E-state index in [1.165, 1.54) is 16.7 Å². The second-order valence-corrected chi connectivity index (χ2v) is 2.69. The largest absolute Gasteiger partial charge is 0.336 e. The molecule has 1 fully saturated rings. The van der Waals surface area contributed by atoms with Gasteiger partial charge in [-0.25, -0.2) is 4.79 Å². The average molecular weight is 189 g/mol. The molecule has 12 heavy (non-hydrogen) atoms. The zero-order valence-corrected chi connectivity index (χ0v) is 8.49. The molecule has 1 saturated heterocycles. The van der Waals surface area contributed by atoms with Gasteiger partial charge in [-0.2, -0.15) is 0 Å². The Morgan fingerprint density at radius 2 is 2.25 bits per heavy atom. The van der Waals surface area contributed by atoms with E-state index in [9.17, 15) is 4.79 Å². The lowest BCUT2D eigenvalue weighted by Crippen LogP contribution is -2.31. The molecule has 70 valence electrons. The summed E-state index contributed by atoms with van der Waals surface area (Å²) in [6.07, 6.45) is 1.79. The molecule has 1 rings (SSSR count). The standard InChI is InChI=1S/C5H9N3OS.C2H6/c1-10-4(6)8-3-2-7-5(8)9;1-2/h6H,2-3H2,1H3,(H,7,9);1-2H3. The van der Waals surface area contributed by atoms with Crippen LogP contribution in [-0.4, -0.2) is 35.4 Å². The summed E-state index contributed by atoms with van der Waals surface area (Å²) in [4.78, 5) is 12.3. The molecule has 4 nitrogen and oxygen atoms in total. The van der Waals surface area contributed by atoms with Crippen molar-refractivity contribution in [1.29, 1.82) is 5.41 Å². The van der Waals surface area contributed by atoms with Gasteiger partial charge in [0.05, 0.1) is 0 Å². The number of urea groups is 1. The van der Waals surface area contributed by atoms with Crippen LogP contribution in [0.1, 0.15) is 13.8 Å². The molecule has 0 atom stereocenters. The molecular formula is C7H15N3OS. The first-order chi connectivity index (χ1) is 5.75. The first kappa shape index (κ1) is 11.3. The summed E-state index contributed by atoms with van der Waals surface area (Å²) in [5.74, 6) is 0. The fourth-order valence-electron chi connectivity index (χ4n) is 0.776. The number of rotatable bonds is 0. The molecule has 0 unspecified atom stereocenters. The van der Waals surface area contributed by atoms with E-state index < -0.39 is 0 Å². The van der Waals surface area contributed by atoms with Crippen LogP contribution in [0, 0.1) is 5.41 Å². The Morgan fingerprint density at radius 1 is 1.67 bits per heavy atom. The molecule has 0 aromatic carbocycles. The van der Waals surface area contributed by atoms with Gasteiger partial charge in [-0.3, -0.25) is 10.3 Å². The van der Waals surface area contributed by atoms with Crippen molar-refractivity contribution in [3.63, 3.8) is 0 Å². The van der Waals surface area contributed by atoms with E-state index in [1.54, 1.807) is 6.26 Å². The van der Waals surface area contributed by atoms with E-state index in [2.05, 4.69) is 5.32 Å². The predicted octanol–water partition coefficient (Wildman–Crippen LogP) is 1.34. The van der Waals surface area contributed by atoms with E-state index in [0.29, 0.717) is 18.3 Å². The summed E-state index contributed by atoms with van der Waals surface area (Å²) < 4.78 is 0. The van der Waals surface area contributed by atoms with Gasteiger partial charge in [-0.1, -0.05) is 25.6 Å². The second-order valence-electron chi connectivity index (χ2n) is 1.89. The average Bonchev–Trinajstić information content (AvgIpc) is 2.54. The highest BCUT2D eigenvalue weighted by molar-refractivity contribution is 8.13. The third-order valence-electron chi connectivity index (χ3n) is 1.30. The Kier molecular flexibility index (Phi) is 5.53. The number of hydrogen-bond acceptors (Lipinski definition) is 3. The number of nitrogens with one attached hydrogen (secondary N) is 2. The zero-order chi connectivity index (χ0) is 9.56. The van der Waals surface area contributed by atoms with Crippen LogP contribution in [0.2, 0.25) is 0 Å². The summed E-state index contributed by atoms with van der Waals surface area (Å²) in [5.41, 5.74) is 0. The monoisotopic (exact) mass is 189 g/mol. The molecule has 5 heteroatoms. The summed E-state index contributed by atoms with van der Waals surface area (Å²) in [6.45, 7) is 5.28. The normalized spacial score (nSPS) is 14.9. The third kappa shape index (κ3) is 2.73. The number of hydrogen-bond donors (Lipinski definition) is 2. The minimum absolute atomic E-state index is 0.153. The zero-order valence-electron chi connectivity index (χ0n) is 7.68. The molecule has 1 heterocycles. The fraction of sp³-hybridized carbons (Fsp3) is 0.714. The molecule has 0 bridgehead atoms. The Hall–Kier alpha value is -0.710. The lowest BCUT2D eigenvalue weighted by Gasteiger charge is -2.11. The van der Waals surface area contributed by atoms with Gasteiger partial charge >= 0.3 is 6.03 Å². The number of nitrogens with zero attached hydrogens (tertiary/aromatic N) is 1. The minimum Gasteiger partial charge on any atom is -0.336 e. The number of amidine groups is 1. The molecule has 0 aliphatic carbocycles. The molecule has 2 N–H and O–H groups in total. The number of carbonyl (C=O) groups is 1. The van der Waals surface area contributed by atoms with Gasteiger partial charge in [0.25, 0.3) is 0 Å². The molecule has 0 spiro atoms. The fourth-order valence-corrected chi connectivity index (χ4v) is 1.17. The minimum atomic E-state index is -0.153. The van der Waals surface area contributed by atoms with Crippen LogP contribution in [0.3, 0.4) is 0 Å². The van der Waals surface area contributed by atoms with Gasteiger partial charge < -0.3 is 5.32 Å². The van der Waals surface area contributed by atoms with Gasteiger partial charge in [0.15, 0.2) is 5.17 Å². The van der Waals surface area contributed by atoms with Gasteiger partial charge in [-0.15, -0.1) is 0 Å². The van der Waals surface area contributed by atoms with Crippen LogP contribution < -0.4 is 5.32 Å². The smallest absolute Gasteiger partial charge is 0.323 e. The van der Waals surface area contributed by atoms with Crippen molar-refractivity contribution in [2.75, 3.05) is 19.3 Å². The van der Waals surface area contributed by atoms with E-state index in [-0.39, 0.29) is 6.03 Å². The van der Waals surface area contributed by atoms with E-state index >= 15 is 0 Å². The van der Waals surface area contributed by atoms with E-state index in [1.807, 2.05) is 13.8 Å². The Labute approximate surface area is 77.2 Å². The lowest BCUT2D eigenvalue weighted by atomic mass is 10.6. The van der Waals surface area contributed by atoms with Crippen molar-refractivity contribution in [3.8, 4) is 0 Å². The van der Waals surface area contributed by atoms with Gasteiger partial charge in [0.1, 0.15) is 0 Å². The SMILES string of the molecule is CC.CSC(=N)N1CCNC1=O. The van der Waals surface area contributed by atoms with Crippen LogP contribution in [0.5, 0.6) is 0 Å². The van der Waals surface area contributed by atoms with Crippen molar-refractivity contribution in [1.82, 2.24) is 10.2 Å². The Balaban J connectivity index is 0.000000561. The molecule has 0 radical (unpaired) electrons.